The van der Waals surface area contributed by atoms with Crippen molar-refractivity contribution in [2.45, 2.75) is 52.1 Å². The van der Waals surface area contributed by atoms with Gasteiger partial charge < -0.3 is 10.2 Å². The molecule has 0 radical (unpaired) electrons. The van der Waals surface area contributed by atoms with Crippen molar-refractivity contribution >= 4 is 39.1 Å². The Morgan fingerprint density at radius 3 is 2.34 bits per heavy atom. The van der Waals surface area contributed by atoms with Crippen LogP contribution in [-0.4, -0.2) is 50.5 Å². The number of carbonyl (C=O) groups excluding carboxylic acids is 2. The number of sulfonamides is 1. The minimum absolute atomic E-state index is 0.0253. The summed E-state index contributed by atoms with van der Waals surface area (Å²) in [6.45, 7) is 4.32. The quantitative estimate of drug-likeness (QED) is 0.421. The maximum absolute atomic E-state index is 14.3. The minimum Gasteiger partial charge on any atom is -0.354 e. The molecular formula is C25H33ClFN3O4S. The lowest BCUT2D eigenvalue weighted by Crippen LogP contribution is -2.49. The number of nitrogens with zero attached hydrogens (tertiary/aromatic N) is 2. The lowest BCUT2D eigenvalue weighted by atomic mass is 10.1. The van der Waals surface area contributed by atoms with E-state index in [9.17, 15) is 22.4 Å². The summed E-state index contributed by atoms with van der Waals surface area (Å²) in [5.74, 6) is -1.23. The van der Waals surface area contributed by atoms with Gasteiger partial charge in [-0.15, -0.1) is 0 Å². The summed E-state index contributed by atoms with van der Waals surface area (Å²) < 4.78 is 39.9. The van der Waals surface area contributed by atoms with E-state index in [4.69, 9.17) is 11.6 Å². The maximum atomic E-state index is 14.3. The van der Waals surface area contributed by atoms with E-state index >= 15 is 0 Å². The predicted molar refractivity (Wildman–Crippen MR) is 137 cm³/mol. The number of para-hydroxylation sites is 1. The zero-order valence-electron chi connectivity index (χ0n) is 20.3. The molecule has 0 aliphatic heterocycles. The topological polar surface area (TPSA) is 86.8 Å². The Labute approximate surface area is 212 Å². The number of hydrogen-bond donors (Lipinski definition) is 1. The standard InChI is InChI=1S/C25H33ClFN3O4S/c1-4-16-28-25(32)22(5-2)29(18-19-11-6-7-12-20(19)26)24(31)15-10-17-30(35(3,33)34)23-14-9-8-13-21(23)27/h6-9,11-14,22H,4-5,10,15-18H2,1-3H3,(H,28,32)/t22-/m1/s1. The van der Waals surface area contributed by atoms with Gasteiger partial charge in [-0.25, -0.2) is 12.8 Å². The molecule has 1 N–H and O–H groups in total. The van der Waals surface area contributed by atoms with Crippen LogP contribution in [0.5, 0.6) is 0 Å². The van der Waals surface area contributed by atoms with Crippen LogP contribution in [0.2, 0.25) is 5.02 Å². The smallest absolute Gasteiger partial charge is 0.242 e. The highest BCUT2D eigenvalue weighted by Gasteiger charge is 2.29. The molecule has 2 rings (SSSR count). The third-order valence-corrected chi connectivity index (χ3v) is 7.06. The summed E-state index contributed by atoms with van der Waals surface area (Å²) in [6.07, 6.45) is 2.28. The van der Waals surface area contributed by atoms with Gasteiger partial charge in [-0.1, -0.05) is 55.8 Å². The van der Waals surface area contributed by atoms with Crippen LogP contribution in [0.1, 0.15) is 45.1 Å². The summed E-state index contributed by atoms with van der Waals surface area (Å²) in [5.41, 5.74) is 0.633. The van der Waals surface area contributed by atoms with Crippen LogP contribution in [0, 0.1) is 5.82 Å². The van der Waals surface area contributed by atoms with Gasteiger partial charge in [0.1, 0.15) is 11.9 Å². The molecule has 2 amide bonds. The van der Waals surface area contributed by atoms with Gasteiger partial charge in [-0.05, 0) is 43.0 Å². The number of benzene rings is 2. The zero-order chi connectivity index (χ0) is 26.0. The van der Waals surface area contributed by atoms with E-state index in [2.05, 4.69) is 5.32 Å². The van der Waals surface area contributed by atoms with Crippen LogP contribution in [0.15, 0.2) is 48.5 Å². The Kier molecular flexibility index (Phi) is 11.0. The molecule has 1 atom stereocenters. The SMILES string of the molecule is CCCNC(=O)[C@@H](CC)N(Cc1ccccc1Cl)C(=O)CCCN(c1ccccc1F)S(C)(=O)=O. The van der Waals surface area contributed by atoms with Gasteiger partial charge >= 0.3 is 0 Å². The molecule has 0 aromatic heterocycles. The molecule has 0 fully saturated rings. The summed E-state index contributed by atoms with van der Waals surface area (Å²) in [6, 6.07) is 12.0. The van der Waals surface area contributed by atoms with Crippen LogP contribution in [-0.2, 0) is 26.2 Å². The second-order valence-corrected chi connectivity index (χ2v) is 10.5. The van der Waals surface area contributed by atoms with Gasteiger partial charge in [0.2, 0.25) is 21.8 Å². The monoisotopic (exact) mass is 525 g/mol. The van der Waals surface area contributed by atoms with Crippen molar-refractivity contribution in [1.29, 1.82) is 0 Å². The summed E-state index contributed by atoms with van der Waals surface area (Å²) >= 11 is 6.32. The first-order valence-electron chi connectivity index (χ1n) is 11.6. The minimum atomic E-state index is -3.77. The molecule has 2 aromatic rings. The van der Waals surface area contributed by atoms with Crippen molar-refractivity contribution in [1.82, 2.24) is 10.2 Å². The summed E-state index contributed by atoms with van der Waals surface area (Å²) in [5, 5.41) is 3.33. The van der Waals surface area contributed by atoms with Crippen molar-refractivity contribution in [3.63, 3.8) is 0 Å². The normalized spacial score (nSPS) is 12.1. The second kappa shape index (κ2) is 13.4. The Hall–Kier alpha value is -2.65. The molecule has 7 nitrogen and oxygen atoms in total. The molecule has 10 heteroatoms. The van der Waals surface area contributed by atoms with Crippen molar-refractivity contribution in [3.05, 3.63) is 64.9 Å². The first-order valence-corrected chi connectivity index (χ1v) is 13.9. The van der Waals surface area contributed by atoms with E-state index in [1.807, 2.05) is 13.8 Å². The predicted octanol–water partition coefficient (Wildman–Crippen LogP) is 4.36. The largest absolute Gasteiger partial charge is 0.354 e. The van der Waals surface area contributed by atoms with E-state index in [0.717, 1.165) is 17.0 Å². The van der Waals surface area contributed by atoms with Crippen LogP contribution in [0.3, 0.4) is 0 Å². The molecule has 35 heavy (non-hydrogen) atoms. The summed E-state index contributed by atoms with van der Waals surface area (Å²) in [7, 11) is -3.77. The molecule has 0 saturated carbocycles. The average Bonchev–Trinajstić information content (AvgIpc) is 2.81. The fraction of sp³-hybridized carbons (Fsp3) is 0.440. The van der Waals surface area contributed by atoms with Gasteiger partial charge in [0, 0.05) is 31.1 Å². The van der Waals surface area contributed by atoms with Crippen LogP contribution >= 0.6 is 11.6 Å². The molecular weight excluding hydrogens is 493 g/mol. The fourth-order valence-corrected chi connectivity index (χ4v) is 4.89. The highest BCUT2D eigenvalue weighted by molar-refractivity contribution is 7.92. The third kappa shape index (κ3) is 8.21. The number of rotatable bonds is 13. The number of nitrogens with one attached hydrogen (secondary N) is 1. The number of hydrogen-bond acceptors (Lipinski definition) is 4. The van der Waals surface area contributed by atoms with Crippen molar-refractivity contribution < 1.29 is 22.4 Å². The first-order chi connectivity index (χ1) is 16.6. The van der Waals surface area contributed by atoms with Gasteiger partial charge in [-0.3, -0.25) is 13.9 Å². The van der Waals surface area contributed by atoms with Gasteiger partial charge in [-0.2, -0.15) is 0 Å². The number of halogens is 2. The van der Waals surface area contributed by atoms with E-state index in [1.54, 1.807) is 30.3 Å². The van der Waals surface area contributed by atoms with Crippen molar-refractivity contribution in [2.75, 3.05) is 23.7 Å². The van der Waals surface area contributed by atoms with Crippen molar-refractivity contribution in [2.24, 2.45) is 0 Å². The molecule has 2 aromatic carbocycles. The fourth-order valence-electron chi connectivity index (χ4n) is 3.73. The van der Waals surface area contributed by atoms with Gasteiger partial charge in [0.05, 0.1) is 11.9 Å². The molecule has 0 aliphatic carbocycles. The lowest BCUT2D eigenvalue weighted by Gasteiger charge is -2.31. The molecule has 0 heterocycles. The molecule has 0 spiro atoms. The maximum Gasteiger partial charge on any atom is 0.242 e. The Morgan fingerprint density at radius 2 is 1.74 bits per heavy atom. The first kappa shape index (κ1) is 28.6. The van der Waals surface area contributed by atoms with Crippen molar-refractivity contribution in [3.8, 4) is 0 Å². The molecule has 0 saturated heterocycles. The second-order valence-electron chi connectivity index (χ2n) is 8.22. The van der Waals surface area contributed by atoms with Crippen LogP contribution in [0.25, 0.3) is 0 Å². The number of carbonyl (C=O) groups is 2. The van der Waals surface area contributed by atoms with Gasteiger partial charge in [0.25, 0.3) is 0 Å². The molecule has 0 unspecified atom stereocenters. The summed E-state index contributed by atoms with van der Waals surface area (Å²) in [4.78, 5) is 27.6. The highest BCUT2D eigenvalue weighted by atomic mass is 35.5. The Balaban J connectivity index is 2.22. The van der Waals surface area contributed by atoms with E-state index in [0.29, 0.717) is 23.6 Å². The number of amides is 2. The molecule has 0 aliphatic rings. The average molecular weight is 526 g/mol. The molecule has 0 bridgehead atoms. The third-order valence-electron chi connectivity index (χ3n) is 5.51. The van der Waals surface area contributed by atoms with Gasteiger partial charge in [0.15, 0.2) is 0 Å². The number of anilines is 1. The lowest BCUT2D eigenvalue weighted by molar-refractivity contribution is -0.141. The Bertz CT molecular complexity index is 1110. The van der Waals surface area contributed by atoms with Crippen LogP contribution in [0.4, 0.5) is 10.1 Å². The van der Waals surface area contributed by atoms with E-state index in [-0.39, 0.29) is 43.4 Å². The van der Waals surface area contributed by atoms with E-state index < -0.39 is 21.9 Å². The highest BCUT2D eigenvalue weighted by Crippen LogP contribution is 2.23. The van der Waals surface area contributed by atoms with E-state index in [1.165, 1.54) is 23.1 Å². The Morgan fingerprint density at radius 1 is 1.09 bits per heavy atom. The van der Waals surface area contributed by atoms with Crippen LogP contribution < -0.4 is 9.62 Å². The zero-order valence-corrected chi connectivity index (χ0v) is 21.9. The molecule has 192 valence electrons.